The maximum Gasteiger partial charge on any atom is 0.257 e. The first-order valence-corrected chi connectivity index (χ1v) is 14.3. The van der Waals surface area contributed by atoms with Crippen LogP contribution in [0.25, 0.3) is 10.9 Å². The van der Waals surface area contributed by atoms with E-state index in [4.69, 9.17) is 9.47 Å². The van der Waals surface area contributed by atoms with Gasteiger partial charge in [-0.2, -0.15) is 0 Å². The standard InChI is InChI=1S/C34H37N3O4/c1-40-21-20-36-18-10-3-11-19-37(33(38)28-23-27-14-6-8-16-31(27)35-24-28)29(22-26-12-4-2-5-13-26)25-41-32-17-9-7-15-30(32)34(36)39/h2,4-9,12-17,23-24,29H,3,10-11,18-22,25H2,1H3/t29-/m0/s1. The lowest BCUT2D eigenvalue weighted by atomic mass is 10.0. The molecular formula is C34H37N3O4. The molecule has 3 aromatic carbocycles. The second-order valence-electron chi connectivity index (χ2n) is 10.4. The third-order valence-electron chi connectivity index (χ3n) is 7.58. The van der Waals surface area contributed by atoms with Crippen molar-refractivity contribution in [3.8, 4) is 5.75 Å². The molecule has 0 radical (unpaired) electrons. The first-order chi connectivity index (χ1) is 20.1. The number of nitrogens with zero attached hydrogens (tertiary/aromatic N) is 3. The molecule has 1 aromatic heterocycles. The second kappa shape index (κ2) is 13.9. The third-order valence-corrected chi connectivity index (χ3v) is 7.58. The largest absolute Gasteiger partial charge is 0.491 e. The highest BCUT2D eigenvalue weighted by atomic mass is 16.5. The first kappa shape index (κ1) is 28.3. The topological polar surface area (TPSA) is 72.0 Å². The van der Waals surface area contributed by atoms with Crippen LogP contribution < -0.4 is 4.74 Å². The number of ether oxygens (including phenoxy) is 2. The molecule has 0 spiro atoms. The molecule has 0 bridgehead atoms. The number of hydrogen-bond donors (Lipinski definition) is 0. The van der Waals surface area contributed by atoms with Crippen molar-refractivity contribution < 1.29 is 19.1 Å². The van der Waals surface area contributed by atoms with E-state index in [0.29, 0.717) is 49.5 Å². The number of carbonyl (C=O) groups is 2. The molecule has 0 saturated heterocycles. The molecule has 0 fully saturated rings. The van der Waals surface area contributed by atoms with Crippen molar-refractivity contribution in [2.24, 2.45) is 0 Å². The summed E-state index contributed by atoms with van der Waals surface area (Å²) in [6.45, 7) is 2.44. The van der Waals surface area contributed by atoms with Crippen molar-refractivity contribution in [2.75, 3.05) is 40.0 Å². The van der Waals surface area contributed by atoms with Crippen molar-refractivity contribution in [3.05, 3.63) is 108 Å². The number of rotatable bonds is 6. The fourth-order valence-corrected chi connectivity index (χ4v) is 5.35. The Morgan fingerprint density at radius 2 is 1.71 bits per heavy atom. The van der Waals surface area contributed by atoms with Gasteiger partial charge in [-0.25, -0.2) is 0 Å². The van der Waals surface area contributed by atoms with Gasteiger partial charge in [0.05, 0.1) is 29.3 Å². The Balaban J connectivity index is 1.49. The normalized spacial score (nSPS) is 16.7. The van der Waals surface area contributed by atoms with Gasteiger partial charge in [0, 0.05) is 38.3 Å². The molecule has 7 nitrogen and oxygen atoms in total. The van der Waals surface area contributed by atoms with Gasteiger partial charge in [0.2, 0.25) is 0 Å². The SMILES string of the molecule is COCCN1CCCCCN(C(=O)c2cnc3ccccc3c2)[C@@H](Cc2ccccc2)COc2ccccc2C1=O. The highest BCUT2D eigenvalue weighted by Gasteiger charge is 2.28. The van der Waals surface area contributed by atoms with E-state index in [0.717, 1.165) is 35.7 Å². The number of fused-ring (bicyclic) bond motifs is 2. The summed E-state index contributed by atoms with van der Waals surface area (Å²) in [5, 5.41) is 0.934. The van der Waals surface area contributed by atoms with Crippen LogP contribution in [0.3, 0.4) is 0 Å². The zero-order chi connectivity index (χ0) is 28.4. The van der Waals surface area contributed by atoms with Crippen LogP contribution in [0.1, 0.15) is 45.5 Å². The molecule has 212 valence electrons. The number of pyridine rings is 1. The molecule has 2 amide bonds. The number of carbonyl (C=O) groups excluding carboxylic acids is 2. The summed E-state index contributed by atoms with van der Waals surface area (Å²) in [5.41, 5.74) is 3.07. The Morgan fingerprint density at radius 3 is 2.56 bits per heavy atom. The molecule has 0 unspecified atom stereocenters. The summed E-state index contributed by atoms with van der Waals surface area (Å²) >= 11 is 0. The van der Waals surface area contributed by atoms with E-state index >= 15 is 0 Å². The zero-order valence-electron chi connectivity index (χ0n) is 23.6. The van der Waals surface area contributed by atoms with E-state index in [9.17, 15) is 9.59 Å². The quantitative estimate of drug-likeness (QED) is 0.310. The smallest absolute Gasteiger partial charge is 0.257 e. The highest BCUT2D eigenvalue weighted by molar-refractivity contribution is 5.98. The summed E-state index contributed by atoms with van der Waals surface area (Å²) in [5.74, 6) is 0.400. The van der Waals surface area contributed by atoms with Gasteiger partial charge in [0.1, 0.15) is 12.4 Å². The fraction of sp³-hybridized carbons (Fsp3) is 0.324. The Morgan fingerprint density at radius 1 is 0.951 bits per heavy atom. The van der Waals surface area contributed by atoms with Gasteiger partial charge in [-0.1, -0.05) is 60.7 Å². The van der Waals surface area contributed by atoms with E-state index in [1.54, 1.807) is 13.3 Å². The summed E-state index contributed by atoms with van der Waals surface area (Å²) in [7, 11) is 1.64. The van der Waals surface area contributed by atoms with Gasteiger partial charge in [0.15, 0.2) is 0 Å². The molecule has 0 N–H and O–H groups in total. The molecule has 7 heteroatoms. The number of hydrogen-bond acceptors (Lipinski definition) is 5. The minimum atomic E-state index is -0.245. The average Bonchev–Trinajstić information content (AvgIpc) is 3.03. The highest BCUT2D eigenvalue weighted by Crippen LogP contribution is 2.24. The van der Waals surface area contributed by atoms with Crippen LogP contribution >= 0.6 is 0 Å². The van der Waals surface area contributed by atoms with Crippen LogP contribution in [0.4, 0.5) is 0 Å². The van der Waals surface area contributed by atoms with Gasteiger partial charge < -0.3 is 19.3 Å². The number of aromatic nitrogens is 1. The molecule has 1 atom stereocenters. The summed E-state index contributed by atoms with van der Waals surface area (Å²) < 4.78 is 11.7. The molecule has 41 heavy (non-hydrogen) atoms. The monoisotopic (exact) mass is 551 g/mol. The lowest BCUT2D eigenvalue weighted by Gasteiger charge is -2.32. The molecular weight excluding hydrogens is 514 g/mol. The Hall–Kier alpha value is -4.23. The molecule has 0 saturated carbocycles. The maximum absolute atomic E-state index is 14.2. The predicted octanol–water partition coefficient (Wildman–Crippen LogP) is 5.64. The molecule has 5 rings (SSSR count). The van der Waals surface area contributed by atoms with Gasteiger partial charge >= 0.3 is 0 Å². The van der Waals surface area contributed by atoms with Crippen LogP contribution in [0.15, 0.2) is 91.1 Å². The zero-order valence-corrected chi connectivity index (χ0v) is 23.6. The van der Waals surface area contributed by atoms with Crippen LogP contribution in [0, 0.1) is 0 Å². The van der Waals surface area contributed by atoms with E-state index in [1.165, 1.54) is 0 Å². The summed E-state index contributed by atoms with van der Waals surface area (Å²) in [6.07, 6.45) is 4.84. The number of methoxy groups -OCH3 is 1. The van der Waals surface area contributed by atoms with Crippen molar-refractivity contribution in [2.45, 2.75) is 31.7 Å². The van der Waals surface area contributed by atoms with Crippen LogP contribution in [0.5, 0.6) is 5.75 Å². The summed E-state index contributed by atoms with van der Waals surface area (Å²) in [4.78, 5) is 36.1. The molecule has 0 aliphatic carbocycles. The van der Waals surface area contributed by atoms with Gasteiger partial charge in [-0.3, -0.25) is 14.6 Å². The number of benzene rings is 3. The number of para-hydroxylation sites is 2. The fourth-order valence-electron chi connectivity index (χ4n) is 5.35. The van der Waals surface area contributed by atoms with Crippen molar-refractivity contribution >= 4 is 22.7 Å². The van der Waals surface area contributed by atoms with Crippen molar-refractivity contribution in [3.63, 3.8) is 0 Å². The van der Waals surface area contributed by atoms with E-state index in [-0.39, 0.29) is 24.5 Å². The lowest BCUT2D eigenvalue weighted by Crippen LogP contribution is -2.45. The molecule has 2 heterocycles. The molecule has 1 aliphatic heterocycles. The lowest BCUT2D eigenvalue weighted by molar-refractivity contribution is 0.0604. The van der Waals surface area contributed by atoms with Gasteiger partial charge in [0.25, 0.3) is 11.8 Å². The minimum Gasteiger partial charge on any atom is -0.491 e. The van der Waals surface area contributed by atoms with Gasteiger partial charge in [-0.05, 0) is 55.5 Å². The predicted molar refractivity (Wildman–Crippen MR) is 160 cm³/mol. The van der Waals surface area contributed by atoms with Crippen molar-refractivity contribution in [1.82, 2.24) is 14.8 Å². The Labute approximate surface area is 241 Å². The van der Waals surface area contributed by atoms with Crippen molar-refractivity contribution in [1.29, 1.82) is 0 Å². The van der Waals surface area contributed by atoms with Crippen LogP contribution in [-0.2, 0) is 11.2 Å². The van der Waals surface area contributed by atoms with Crippen LogP contribution in [0.2, 0.25) is 0 Å². The van der Waals surface area contributed by atoms with Gasteiger partial charge in [-0.15, -0.1) is 0 Å². The minimum absolute atomic E-state index is 0.0614. The summed E-state index contributed by atoms with van der Waals surface area (Å²) in [6, 6.07) is 27.1. The second-order valence-corrected chi connectivity index (χ2v) is 10.4. The third kappa shape index (κ3) is 7.11. The molecule has 1 aliphatic rings. The van der Waals surface area contributed by atoms with E-state index in [2.05, 4.69) is 17.1 Å². The Kier molecular flexibility index (Phi) is 9.60. The van der Waals surface area contributed by atoms with Crippen LogP contribution in [-0.4, -0.2) is 72.6 Å². The molecule has 4 aromatic rings. The Bertz CT molecular complexity index is 1460. The number of amides is 2. The average molecular weight is 552 g/mol. The van der Waals surface area contributed by atoms with E-state index in [1.807, 2.05) is 82.6 Å². The van der Waals surface area contributed by atoms with E-state index < -0.39 is 0 Å². The maximum atomic E-state index is 14.2. The first-order valence-electron chi connectivity index (χ1n) is 14.3.